The minimum atomic E-state index is 0.691. The van der Waals surface area contributed by atoms with Gasteiger partial charge in [-0.2, -0.15) is 5.26 Å². The quantitative estimate of drug-likeness (QED) is 0.832. The van der Waals surface area contributed by atoms with Crippen LogP contribution in [0, 0.1) is 24.2 Å². The van der Waals surface area contributed by atoms with Crippen LogP contribution in [0.5, 0.6) is 0 Å². The molecule has 0 N–H and O–H groups in total. The smallest absolute Gasteiger partial charge is 0.146 e. The predicted molar refractivity (Wildman–Crippen MR) is 77.2 cm³/mol. The number of pyridine rings is 1. The number of hydrogen-bond donors (Lipinski definition) is 0. The lowest BCUT2D eigenvalue weighted by Gasteiger charge is -2.34. The number of nitriles is 1. The number of aromatic nitrogens is 1. The maximum atomic E-state index is 9.19. The Hall–Kier alpha value is -1.60. The third kappa shape index (κ3) is 3.45. The average molecular weight is 258 g/mol. The molecule has 1 aliphatic heterocycles. The fourth-order valence-corrected chi connectivity index (χ4v) is 2.72. The molecule has 0 radical (unpaired) electrons. The van der Waals surface area contributed by atoms with Gasteiger partial charge in [0.25, 0.3) is 0 Å². The number of aryl methyl sites for hydroxylation is 1. The van der Waals surface area contributed by atoms with E-state index in [-0.39, 0.29) is 0 Å². The van der Waals surface area contributed by atoms with Crippen molar-refractivity contribution >= 4 is 5.82 Å². The van der Waals surface area contributed by atoms with Crippen LogP contribution >= 0.6 is 0 Å². The summed E-state index contributed by atoms with van der Waals surface area (Å²) in [5, 5.41) is 9.19. The summed E-state index contributed by atoms with van der Waals surface area (Å²) in [6.45, 7) is 5.14. The van der Waals surface area contributed by atoms with Crippen molar-refractivity contribution in [2.45, 2.75) is 19.8 Å². The van der Waals surface area contributed by atoms with Crippen LogP contribution in [-0.2, 0) is 0 Å². The first kappa shape index (κ1) is 13.8. The molecule has 1 aromatic rings. The SMILES string of the molecule is Cc1ccc(C#N)c(N2CCC(CN(C)C)CC2)n1. The molecule has 0 amide bonds. The molecule has 0 aliphatic carbocycles. The van der Waals surface area contributed by atoms with Crippen molar-refractivity contribution in [3.05, 3.63) is 23.4 Å². The minimum absolute atomic E-state index is 0.691. The molecule has 0 bridgehead atoms. The van der Waals surface area contributed by atoms with Crippen molar-refractivity contribution in [3.63, 3.8) is 0 Å². The largest absolute Gasteiger partial charge is 0.355 e. The van der Waals surface area contributed by atoms with Crippen LogP contribution < -0.4 is 4.90 Å². The second-order valence-corrected chi connectivity index (χ2v) is 5.63. The van der Waals surface area contributed by atoms with Crippen molar-refractivity contribution in [1.82, 2.24) is 9.88 Å². The van der Waals surface area contributed by atoms with Gasteiger partial charge >= 0.3 is 0 Å². The van der Waals surface area contributed by atoms with E-state index in [4.69, 9.17) is 0 Å². The van der Waals surface area contributed by atoms with Gasteiger partial charge in [-0.3, -0.25) is 0 Å². The third-order valence-electron chi connectivity index (χ3n) is 3.67. The molecule has 0 spiro atoms. The van der Waals surface area contributed by atoms with Gasteiger partial charge < -0.3 is 9.80 Å². The maximum absolute atomic E-state index is 9.19. The van der Waals surface area contributed by atoms with Crippen molar-refractivity contribution in [2.24, 2.45) is 5.92 Å². The average Bonchev–Trinajstić information content (AvgIpc) is 2.39. The van der Waals surface area contributed by atoms with Crippen LogP contribution in [-0.4, -0.2) is 43.6 Å². The highest BCUT2D eigenvalue weighted by Crippen LogP contribution is 2.25. The highest BCUT2D eigenvalue weighted by molar-refractivity contribution is 5.54. The van der Waals surface area contributed by atoms with Crippen LogP contribution in [0.1, 0.15) is 24.1 Å². The molecule has 1 aromatic heterocycles. The predicted octanol–water partition coefficient (Wildman–Crippen LogP) is 2.04. The van der Waals surface area contributed by atoms with Gasteiger partial charge in [-0.15, -0.1) is 0 Å². The monoisotopic (exact) mass is 258 g/mol. The van der Waals surface area contributed by atoms with E-state index in [0.29, 0.717) is 5.56 Å². The van der Waals surface area contributed by atoms with Gasteiger partial charge in [-0.05, 0) is 51.9 Å². The van der Waals surface area contributed by atoms with Gasteiger partial charge in [0.1, 0.15) is 11.9 Å². The molecular formula is C15H22N4. The normalized spacial score (nSPS) is 16.7. The van der Waals surface area contributed by atoms with E-state index in [1.54, 1.807) is 0 Å². The van der Waals surface area contributed by atoms with Gasteiger partial charge in [0.15, 0.2) is 0 Å². The second kappa shape index (κ2) is 6.03. The molecule has 0 aromatic carbocycles. The van der Waals surface area contributed by atoms with Crippen LogP contribution in [0.2, 0.25) is 0 Å². The fraction of sp³-hybridized carbons (Fsp3) is 0.600. The number of rotatable bonds is 3. The Morgan fingerprint density at radius 1 is 1.37 bits per heavy atom. The first-order valence-corrected chi connectivity index (χ1v) is 6.87. The number of hydrogen-bond acceptors (Lipinski definition) is 4. The molecule has 2 rings (SSSR count). The highest BCUT2D eigenvalue weighted by atomic mass is 15.2. The molecule has 4 nitrogen and oxygen atoms in total. The molecule has 1 saturated heterocycles. The lowest BCUT2D eigenvalue weighted by atomic mass is 9.96. The van der Waals surface area contributed by atoms with Gasteiger partial charge in [-0.25, -0.2) is 4.98 Å². The summed E-state index contributed by atoms with van der Waals surface area (Å²) in [5.41, 5.74) is 1.67. The number of piperidine rings is 1. The van der Waals surface area contributed by atoms with Crippen LogP contribution in [0.15, 0.2) is 12.1 Å². The van der Waals surface area contributed by atoms with Gasteiger partial charge in [0.05, 0.1) is 5.56 Å². The fourth-order valence-electron chi connectivity index (χ4n) is 2.72. The molecule has 0 saturated carbocycles. The van der Waals surface area contributed by atoms with E-state index >= 15 is 0 Å². The molecule has 1 aliphatic rings. The Bertz CT molecular complexity index is 468. The number of nitrogens with zero attached hydrogens (tertiary/aromatic N) is 4. The van der Waals surface area contributed by atoms with Crippen molar-refractivity contribution in [2.75, 3.05) is 38.6 Å². The summed E-state index contributed by atoms with van der Waals surface area (Å²) >= 11 is 0. The summed E-state index contributed by atoms with van der Waals surface area (Å²) in [5.74, 6) is 1.63. The second-order valence-electron chi connectivity index (χ2n) is 5.63. The van der Waals surface area contributed by atoms with E-state index < -0.39 is 0 Å². The summed E-state index contributed by atoms with van der Waals surface area (Å²) in [7, 11) is 4.25. The topological polar surface area (TPSA) is 43.2 Å². The summed E-state index contributed by atoms with van der Waals surface area (Å²) < 4.78 is 0. The Morgan fingerprint density at radius 3 is 2.63 bits per heavy atom. The number of anilines is 1. The summed E-state index contributed by atoms with van der Waals surface area (Å²) in [6.07, 6.45) is 2.36. The molecular weight excluding hydrogens is 236 g/mol. The zero-order chi connectivity index (χ0) is 13.8. The lowest BCUT2D eigenvalue weighted by Crippen LogP contribution is -2.38. The molecule has 0 atom stereocenters. The van der Waals surface area contributed by atoms with Crippen LogP contribution in [0.25, 0.3) is 0 Å². The van der Waals surface area contributed by atoms with Gasteiger partial charge in [-0.1, -0.05) is 0 Å². The zero-order valence-corrected chi connectivity index (χ0v) is 12.1. The minimum Gasteiger partial charge on any atom is -0.355 e. The van der Waals surface area contributed by atoms with Gasteiger partial charge in [0.2, 0.25) is 0 Å². The maximum Gasteiger partial charge on any atom is 0.146 e. The lowest BCUT2D eigenvalue weighted by molar-refractivity contribution is 0.284. The molecule has 0 unspecified atom stereocenters. The highest BCUT2D eigenvalue weighted by Gasteiger charge is 2.22. The summed E-state index contributed by atoms with van der Waals surface area (Å²) in [6, 6.07) is 6.03. The molecule has 19 heavy (non-hydrogen) atoms. The Morgan fingerprint density at radius 2 is 2.05 bits per heavy atom. The van der Waals surface area contributed by atoms with Gasteiger partial charge in [0, 0.05) is 25.3 Å². The first-order valence-electron chi connectivity index (χ1n) is 6.87. The van der Waals surface area contributed by atoms with E-state index in [1.165, 1.54) is 12.8 Å². The Kier molecular flexibility index (Phi) is 4.39. The van der Waals surface area contributed by atoms with E-state index in [9.17, 15) is 5.26 Å². The molecule has 2 heterocycles. The molecule has 1 fully saturated rings. The van der Waals surface area contributed by atoms with Crippen LogP contribution in [0.4, 0.5) is 5.82 Å². The van der Waals surface area contributed by atoms with Crippen molar-refractivity contribution in [1.29, 1.82) is 5.26 Å². The molecule has 4 heteroatoms. The first-order chi connectivity index (χ1) is 9.10. The summed E-state index contributed by atoms with van der Waals surface area (Å²) in [4.78, 5) is 9.06. The van der Waals surface area contributed by atoms with Crippen LogP contribution in [0.3, 0.4) is 0 Å². The van der Waals surface area contributed by atoms with E-state index in [1.807, 2.05) is 19.1 Å². The standard InChI is InChI=1S/C15H22N4/c1-12-4-5-14(10-16)15(17-12)19-8-6-13(7-9-19)11-18(2)3/h4-5,13H,6-9,11H2,1-3H3. The van der Waals surface area contributed by atoms with E-state index in [2.05, 4.69) is 34.9 Å². The van der Waals surface area contributed by atoms with Crippen molar-refractivity contribution in [3.8, 4) is 6.07 Å². The molecule has 102 valence electrons. The Balaban J connectivity index is 2.05. The zero-order valence-electron chi connectivity index (χ0n) is 12.1. The van der Waals surface area contributed by atoms with Crippen molar-refractivity contribution < 1.29 is 0 Å². The third-order valence-corrected chi connectivity index (χ3v) is 3.67. The Labute approximate surface area is 115 Å². The van der Waals surface area contributed by atoms with E-state index in [0.717, 1.165) is 37.1 Å².